The summed E-state index contributed by atoms with van der Waals surface area (Å²) in [4.78, 5) is 3.49. The molecule has 1 N–H and O–H groups in total. The molecule has 1 unspecified atom stereocenters. The van der Waals surface area contributed by atoms with Gasteiger partial charge in [-0.1, -0.05) is 72.1 Å². The first-order chi connectivity index (χ1) is 11.2. The van der Waals surface area contributed by atoms with Crippen molar-refractivity contribution in [2.24, 2.45) is 0 Å². The summed E-state index contributed by atoms with van der Waals surface area (Å²) in [6.07, 6.45) is 20.9. The van der Waals surface area contributed by atoms with E-state index in [0.717, 1.165) is 0 Å². The molecule has 1 aromatic rings. The van der Waals surface area contributed by atoms with E-state index in [-0.39, 0.29) is 0 Å². The van der Waals surface area contributed by atoms with E-state index in [1.807, 2.05) is 0 Å². The smallest absolute Gasteiger partial charge is 0.247 e. The van der Waals surface area contributed by atoms with Crippen LogP contribution in [0.4, 0.5) is 0 Å². The Morgan fingerprint density at radius 3 is 2.00 bits per heavy atom. The highest BCUT2D eigenvalue weighted by atomic mass is 15.1. The molecule has 0 amide bonds. The second-order valence-corrected chi connectivity index (χ2v) is 7.23. The quantitative estimate of drug-likeness (QED) is 0.291. The van der Waals surface area contributed by atoms with Gasteiger partial charge in [0.05, 0.1) is 12.0 Å². The van der Waals surface area contributed by atoms with Gasteiger partial charge in [0, 0.05) is 0 Å². The van der Waals surface area contributed by atoms with E-state index in [4.69, 9.17) is 0 Å². The zero-order valence-electron chi connectivity index (χ0n) is 16.2. The van der Waals surface area contributed by atoms with Crippen LogP contribution in [0, 0.1) is 0 Å². The predicted octanol–water partition coefficient (Wildman–Crippen LogP) is 6.69. The number of imidazole rings is 1. The highest BCUT2D eigenvalue weighted by molar-refractivity contribution is 4.88. The summed E-state index contributed by atoms with van der Waals surface area (Å²) >= 11 is 0. The maximum absolute atomic E-state index is 3.49. The average molecular weight is 322 g/mol. The van der Waals surface area contributed by atoms with Gasteiger partial charge in [-0.15, -0.1) is 0 Å². The van der Waals surface area contributed by atoms with Gasteiger partial charge in [0.25, 0.3) is 5.82 Å². The summed E-state index contributed by atoms with van der Waals surface area (Å²) < 4.78 is 2.49. The number of hydrogen-bond donors (Lipinski definition) is 1. The van der Waals surface area contributed by atoms with Crippen LogP contribution in [0.5, 0.6) is 0 Å². The lowest BCUT2D eigenvalue weighted by Gasteiger charge is -2.14. The number of aromatic nitrogens is 2. The van der Waals surface area contributed by atoms with Crippen LogP contribution in [0.1, 0.15) is 123 Å². The molecule has 1 heterocycles. The van der Waals surface area contributed by atoms with Gasteiger partial charge < -0.3 is 0 Å². The Bertz CT molecular complexity index is 379. The van der Waals surface area contributed by atoms with Crippen molar-refractivity contribution in [3.8, 4) is 0 Å². The third-order valence-corrected chi connectivity index (χ3v) is 5.32. The van der Waals surface area contributed by atoms with Crippen LogP contribution >= 0.6 is 0 Å². The third-order valence-electron chi connectivity index (χ3n) is 5.32. The molecule has 0 fully saturated rings. The molecule has 1 atom stereocenters. The highest BCUT2D eigenvalue weighted by Gasteiger charge is 2.22. The predicted molar refractivity (Wildman–Crippen MR) is 101 cm³/mol. The van der Waals surface area contributed by atoms with Gasteiger partial charge in [0.2, 0.25) is 0 Å². The minimum Gasteiger partial charge on any atom is -0.247 e. The van der Waals surface area contributed by atoms with Crippen LogP contribution in [0.25, 0.3) is 0 Å². The van der Waals surface area contributed by atoms with Crippen LogP contribution in [0.3, 0.4) is 0 Å². The zero-order valence-corrected chi connectivity index (χ0v) is 16.2. The zero-order chi connectivity index (χ0) is 16.9. The monoisotopic (exact) mass is 321 g/mol. The summed E-state index contributed by atoms with van der Waals surface area (Å²) in [5, 5.41) is 0. The molecule has 0 spiro atoms. The Morgan fingerprint density at radius 2 is 1.43 bits per heavy atom. The van der Waals surface area contributed by atoms with Crippen molar-refractivity contribution in [1.82, 2.24) is 4.98 Å². The van der Waals surface area contributed by atoms with Crippen LogP contribution in [-0.4, -0.2) is 4.98 Å². The van der Waals surface area contributed by atoms with Gasteiger partial charge in [0.15, 0.2) is 0 Å². The minimum absolute atomic E-state index is 0.626. The fraction of sp³-hybridized carbons (Fsp3) is 0.857. The first kappa shape index (κ1) is 20.3. The summed E-state index contributed by atoms with van der Waals surface area (Å²) in [6.45, 7) is 9.26. The van der Waals surface area contributed by atoms with E-state index in [0.29, 0.717) is 12.0 Å². The summed E-state index contributed by atoms with van der Waals surface area (Å²) in [5.74, 6) is 2.11. The van der Waals surface area contributed by atoms with Gasteiger partial charge in [-0.05, 0) is 32.6 Å². The second kappa shape index (κ2) is 12.6. The maximum atomic E-state index is 3.49. The lowest BCUT2D eigenvalue weighted by atomic mass is 10.0. The summed E-state index contributed by atoms with van der Waals surface area (Å²) in [7, 11) is 0. The number of hydrogen-bond acceptors (Lipinski definition) is 0. The van der Waals surface area contributed by atoms with E-state index in [1.54, 1.807) is 0 Å². The topological polar surface area (TPSA) is 19.7 Å². The molecule has 0 bridgehead atoms. The molecular formula is C21H41N2+. The molecule has 23 heavy (non-hydrogen) atoms. The molecule has 0 aliphatic rings. The molecule has 0 saturated carbocycles. The van der Waals surface area contributed by atoms with E-state index in [9.17, 15) is 0 Å². The van der Waals surface area contributed by atoms with Gasteiger partial charge in [-0.2, -0.15) is 0 Å². The third kappa shape index (κ3) is 7.54. The molecule has 0 aromatic carbocycles. The maximum Gasteiger partial charge on any atom is 0.257 e. The first-order valence-electron chi connectivity index (χ1n) is 10.3. The van der Waals surface area contributed by atoms with Gasteiger partial charge in [0.1, 0.15) is 12.4 Å². The van der Waals surface area contributed by atoms with Gasteiger partial charge >= 0.3 is 0 Å². The van der Waals surface area contributed by atoms with Gasteiger partial charge in [-0.3, -0.25) is 0 Å². The fourth-order valence-corrected chi connectivity index (χ4v) is 3.64. The lowest BCUT2D eigenvalue weighted by molar-refractivity contribution is -0.727. The number of rotatable bonds is 14. The number of aromatic amines is 1. The summed E-state index contributed by atoms with van der Waals surface area (Å²) in [5.41, 5.74) is 0. The van der Waals surface area contributed by atoms with Crippen molar-refractivity contribution < 1.29 is 4.57 Å². The number of nitrogens with one attached hydrogen (secondary N) is 1. The van der Waals surface area contributed by atoms with Crippen molar-refractivity contribution in [1.29, 1.82) is 0 Å². The van der Waals surface area contributed by atoms with E-state index in [1.165, 1.54) is 82.9 Å². The average Bonchev–Trinajstić information content (AvgIpc) is 3.04. The fourth-order valence-electron chi connectivity index (χ4n) is 3.64. The first-order valence-corrected chi connectivity index (χ1v) is 10.3. The van der Waals surface area contributed by atoms with E-state index >= 15 is 0 Å². The van der Waals surface area contributed by atoms with Crippen molar-refractivity contribution in [2.75, 3.05) is 0 Å². The van der Waals surface area contributed by atoms with Crippen molar-refractivity contribution >= 4 is 0 Å². The minimum atomic E-state index is 0.626. The Labute approximate surface area is 145 Å². The van der Waals surface area contributed by atoms with Crippen LogP contribution in [-0.2, 0) is 0 Å². The molecule has 1 aromatic heterocycles. The van der Waals surface area contributed by atoms with Crippen molar-refractivity contribution in [2.45, 2.75) is 117 Å². The Balaban J connectivity index is 2.19. The molecule has 134 valence electrons. The normalized spacial score (nSPS) is 12.9. The van der Waals surface area contributed by atoms with Crippen molar-refractivity contribution in [3.63, 3.8) is 0 Å². The highest BCUT2D eigenvalue weighted by Crippen LogP contribution is 2.20. The molecule has 2 nitrogen and oxygen atoms in total. The van der Waals surface area contributed by atoms with Crippen LogP contribution < -0.4 is 4.57 Å². The molecule has 0 radical (unpaired) electrons. The SMILES string of the molecule is CCCCCCCCCCCC(C)[n+]1cc[nH]c1C(CC)CC. The lowest BCUT2D eigenvalue weighted by Crippen LogP contribution is -2.41. The van der Waals surface area contributed by atoms with Crippen LogP contribution in [0.15, 0.2) is 12.4 Å². The number of unbranched alkanes of at least 4 members (excludes halogenated alkanes) is 8. The standard InChI is InChI=1S/C21H40N2/c1-5-8-9-10-11-12-13-14-15-16-19(4)23-18-17-22-21(23)20(6-2)7-3/h17-20H,5-16H2,1-4H3/p+1. The van der Waals surface area contributed by atoms with Crippen LogP contribution in [0.2, 0.25) is 0 Å². The molecular weight excluding hydrogens is 280 g/mol. The van der Waals surface area contributed by atoms with E-state index in [2.05, 4.69) is 49.6 Å². The molecule has 2 heteroatoms. The molecule has 0 saturated heterocycles. The Kier molecular flexibility index (Phi) is 11.1. The Morgan fingerprint density at radius 1 is 0.870 bits per heavy atom. The van der Waals surface area contributed by atoms with Gasteiger partial charge in [-0.25, -0.2) is 9.55 Å². The number of nitrogens with zero attached hydrogens (tertiary/aromatic N) is 1. The molecule has 1 rings (SSSR count). The Hall–Kier alpha value is -0.790. The number of H-pyrrole nitrogens is 1. The van der Waals surface area contributed by atoms with Crippen molar-refractivity contribution in [3.05, 3.63) is 18.2 Å². The van der Waals surface area contributed by atoms with E-state index < -0.39 is 0 Å². The molecule has 0 aliphatic heterocycles. The molecule has 0 aliphatic carbocycles. The summed E-state index contributed by atoms with van der Waals surface area (Å²) in [6, 6.07) is 0.626. The second-order valence-electron chi connectivity index (χ2n) is 7.23. The largest absolute Gasteiger partial charge is 0.257 e.